The second kappa shape index (κ2) is 5.30. The van der Waals surface area contributed by atoms with Crippen molar-refractivity contribution in [2.75, 3.05) is 5.32 Å². The number of nitrogens with zero attached hydrogens (tertiary/aromatic N) is 3. The first-order valence-corrected chi connectivity index (χ1v) is 6.85. The van der Waals surface area contributed by atoms with Crippen LogP contribution in [0.3, 0.4) is 0 Å². The number of fused-ring (bicyclic) bond motifs is 1. The molecular formula is C16H16N4. The molecule has 0 saturated carbocycles. The quantitative estimate of drug-likeness (QED) is 0.926. The molecule has 1 N–H and O–H groups in total. The monoisotopic (exact) mass is 264 g/mol. The SMILES string of the molecule is Cc1nc(C#N)cc(NCc2ccc3c(c2)CCC3)n1. The van der Waals surface area contributed by atoms with Gasteiger partial charge in [-0.05, 0) is 42.9 Å². The Bertz CT molecular complexity index is 685. The van der Waals surface area contributed by atoms with E-state index in [4.69, 9.17) is 5.26 Å². The van der Waals surface area contributed by atoms with Gasteiger partial charge in [-0.2, -0.15) is 5.26 Å². The van der Waals surface area contributed by atoms with Gasteiger partial charge in [-0.15, -0.1) is 0 Å². The van der Waals surface area contributed by atoms with Gasteiger partial charge in [-0.25, -0.2) is 9.97 Å². The zero-order valence-corrected chi connectivity index (χ0v) is 11.5. The van der Waals surface area contributed by atoms with Crippen LogP contribution in [-0.4, -0.2) is 9.97 Å². The molecule has 1 heterocycles. The van der Waals surface area contributed by atoms with Crippen LogP contribution in [0, 0.1) is 18.3 Å². The maximum Gasteiger partial charge on any atom is 0.146 e. The molecule has 100 valence electrons. The number of hydrogen-bond acceptors (Lipinski definition) is 4. The Hall–Kier alpha value is -2.41. The van der Waals surface area contributed by atoms with Gasteiger partial charge in [0.15, 0.2) is 0 Å². The Balaban J connectivity index is 1.73. The van der Waals surface area contributed by atoms with E-state index >= 15 is 0 Å². The van der Waals surface area contributed by atoms with Crippen molar-refractivity contribution in [1.82, 2.24) is 9.97 Å². The fourth-order valence-corrected chi connectivity index (χ4v) is 2.64. The van der Waals surface area contributed by atoms with Gasteiger partial charge in [-0.1, -0.05) is 18.2 Å². The molecule has 20 heavy (non-hydrogen) atoms. The molecule has 1 aliphatic carbocycles. The van der Waals surface area contributed by atoms with Crippen molar-refractivity contribution in [2.45, 2.75) is 32.7 Å². The summed E-state index contributed by atoms with van der Waals surface area (Å²) >= 11 is 0. The molecule has 1 aromatic carbocycles. The molecule has 0 saturated heterocycles. The summed E-state index contributed by atoms with van der Waals surface area (Å²) in [5.74, 6) is 1.31. The zero-order chi connectivity index (χ0) is 13.9. The lowest BCUT2D eigenvalue weighted by molar-refractivity contribution is 0.911. The van der Waals surface area contributed by atoms with Crippen molar-refractivity contribution >= 4 is 5.82 Å². The minimum atomic E-state index is 0.397. The van der Waals surface area contributed by atoms with E-state index in [1.54, 1.807) is 13.0 Å². The van der Waals surface area contributed by atoms with Crippen molar-refractivity contribution < 1.29 is 0 Å². The Kier molecular flexibility index (Phi) is 3.34. The number of benzene rings is 1. The highest BCUT2D eigenvalue weighted by Gasteiger charge is 2.10. The Morgan fingerprint density at radius 2 is 2.05 bits per heavy atom. The van der Waals surface area contributed by atoms with E-state index in [1.807, 2.05) is 6.07 Å². The highest BCUT2D eigenvalue weighted by atomic mass is 15.0. The van der Waals surface area contributed by atoms with Gasteiger partial charge in [0.1, 0.15) is 23.4 Å². The van der Waals surface area contributed by atoms with E-state index in [9.17, 15) is 0 Å². The number of hydrogen-bond donors (Lipinski definition) is 1. The minimum Gasteiger partial charge on any atom is -0.366 e. The molecule has 0 atom stereocenters. The standard InChI is InChI=1S/C16H16N4/c1-11-19-15(9-17)8-16(20-11)18-10-12-5-6-13-3-2-4-14(13)7-12/h5-8H,2-4,10H2,1H3,(H,18,19,20). The van der Waals surface area contributed by atoms with Crippen LogP contribution in [0.5, 0.6) is 0 Å². The van der Waals surface area contributed by atoms with Crippen LogP contribution in [0.1, 0.15) is 34.6 Å². The summed E-state index contributed by atoms with van der Waals surface area (Å²) in [5.41, 5.74) is 4.61. The fraction of sp³-hybridized carbons (Fsp3) is 0.312. The molecule has 0 radical (unpaired) electrons. The lowest BCUT2D eigenvalue weighted by Gasteiger charge is -2.08. The van der Waals surface area contributed by atoms with Gasteiger partial charge in [0.25, 0.3) is 0 Å². The van der Waals surface area contributed by atoms with Gasteiger partial charge < -0.3 is 5.32 Å². The Morgan fingerprint density at radius 1 is 1.20 bits per heavy atom. The van der Waals surface area contributed by atoms with Crippen LogP contribution in [0.15, 0.2) is 24.3 Å². The summed E-state index contributed by atoms with van der Waals surface area (Å²) in [6.07, 6.45) is 3.66. The average Bonchev–Trinajstić information content (AvgIpc) is 2.92. The third-order valence-corrected chi connectivity index (χ3v) is 3.59. The highest BCUT2D eigenvalue weighted by molar-refractivity contribution is 5.42. The van der Waals surface area contributed by atoms with Crippen molar-refractivity contribution in [2.24, 2.45) is 0 Å². The molecule has 4 nitrogen and oxygen atoms in total. The van der Waals surface area contributed by atoms with Crippen molar-refractivity contribution in [3.63, 3.8) is 0 Å². The number of nitriles is 1. The maximum atomic E-state index is 8.91. The van der Waals surface area contributed by atoms with Crippen molar-refractivity contribution in [3.05, 3.63) is 52.5 Å². The van der Waals surface area contributed by atoms with Gasteiger partial charge >= 0.3 is 0 Å². The molecule has 4 heteroatoms. The summed E-state index contributed by atoms with van der Waals surface area (Å²) in [4.78, 5) is 8.34. The van der Waals surface area contributed by atoms with Crippen molar-refractivity contribution in [3.8, 4) is 6.07 Å². The number of rotatable bonds is 3. The van der Waals surface area contributed by atoms with Crippen LogP contribution in [-0.2, 0) is 19.4 Å². The lowest BCUT2D eigenvalue weighted by Crippen LogP contribution is -2.04. The molecule has 2 aromatic rings. The first-order chi connectivity index (χ1) is 9.74. The van der Waals surface area contributed by atoms with E-state index in [2.05, 4.69) is 33.5 Å². The van der Waals surface area contributed by atoms with Crippen molar-refractivity contribution in [1.29, 1.82) is 5.26 Å². The normalized spacial score (nSPS) is 12.8. The van der Waals surface area contributed by atoms with Gasteiger partial charge in [-0.3, -0.25) is 0 Å². The molecular weight excluding hydrogens is 248 g/mol. The third-order valence-electron chi connectivity index (χ3n) is 3.59. The number of aromatic nitrogens is 2. The molecule has 0 unspecified atom stereocenters. The van der Waals surface area contributed by atoms with Crippen LogP contribution in [0.25, 0.3) is 0 Å². The second-order valence-corrected chi connectivity index (χ2v) is 5.11. The molecule has 0 spiro atoms. The molecule has 0 bridgehead atoms. The smallest absolute Gasteiger partial charge is 0.146 e. The van der Waals surface area contributed by atoms with E-state index in [-0.39, 0.29) is 0 Å². The molecule has 0 fully saturated rings. The zero-order valence-electron chi connectivity index (χ0n) is 11.5. The van der Waals surface area contributed by atoms with Crippen LogP contribution in [0.4, 0.5) is 5.82 Å². The predicted octanol–water partition coefficient (Wildman–Crippen LogP) is 2.76. The third kappa shape index (κ3) is 2.62. The summed E-state index contributed by atoms with van der Waals surface area (Å²) < 4.78 is 0. The summed E-state index contributed by atoms with van der Waals surface area (Å²) in [6.45, 7) is 2.51. The average molecular weight is 264 g/mol. The van der Waals surface area contributed by atoms with E-state index in [0.717, 1.165) is 0 Å². The molecule has 1 aromatic heterocycles. The van der Waals surface area contributed by atoms with Crippen LogP contribution >= 0.6 is 0 Å². The second-order valence-electron chi connectivity index (χ2n) is 5.11. The Morgan fingerprint density at radius 3 is 2.90 bits per heavy atom. The fourth-order valence-electron chi connectivity index (χ4n) is 2.64. The largest absolute Gasteiger partial charge is 0.366 e. The highest BCUT2D eigenvalue weighted by Crippen LogP contribution is 2.23. The lowest BCUT2D eigenvalue weighted by atomic mass is 10.1. The first-order valence-electron chi connectivity index (χ1n) is 6.85. The summed E-state index contributed by atoms with van der Waals surface area (Å²) in [7, 11) is 0. The topological polar surface area (TPSA) is 61.6 Å². The molecule has 0 amide bonds. The van der Waals surface area contributed by atoms with E-state index in [0.29, 0.717) is 23.9 Å². The van der Waals surface area contributed by atoms with E-state index in [1.165, 1.54) is 36.0 Å². The molecule has 0 aliphatic heterocycles. The Labute approximate surface area is 118 Å². The van der Waals surface area contributed by atoms with Crippen LogP contribution in [0.2, 0.25) is 0 Å². The first kappa shape index (κ1) is 12.6. The molecule has 1 aliphatic rings. The van der Waals surface area contributed by atoms with E-state index < -0.39 is 0 Å². The number of aryl methyl sites for hydroxylation is 3. The summed E-state index contributed by atoms with van der Waals surface area (Å²) in [5, 5.41) is 12.2. The number of anilines is 1. The number of nitrogens with one attached hydrogen (secondary N) is 1. The maximum absolute atomic E-state index is 8.91. The van der Waals surface area contributed by atoms with Crippen LogP contribution < -0.4 is 5.32 Å². The molecule has 3 rings (SSSR count). The van der Waals surface area contributed by atoms with Gasteiger partial charge in [0.05, 0.1) is 0 Å². The van der Waals surface area contributed by atoms with Gasteiger partial charge in [0, 0.05) is 12.6 Å². The predicted molar refractivity (Wildman–Crippen MR) is 77.3 cm³/mol. The minimum absolute atomic E-state index is 0.397. The van der Waals surface area contributed by atoms with Gasteiger partial charge in [0.2, 0.25) is 0 Å². The summed E-state index contributed by atoms with van der Waals surface area (Å²) in [6, 6.07) is 10.4.